The van der Waals surface area contributed by atoms with Crippen LogP contribution in [0.15, 0.2) is 36.0 Å². The molecule has 0 radical (unpaired) electrons. The Balaban J connectivity index is 1.39. The van der Waals surface area contributed by atoms with E-state index in [-0.39, 0.29) is 11.7 Å². The third kappa shape index (κ3) is 3.28. The fourth-order valence-electron chi connectivity index (χ4n) is 3.37. The lowest BCUT2D eigenvalue weighted by atomic mass is 10.1. The van der Waals surface area contributed by atoms with E-state index in [9.17, 15) is 4.79 Å². The van der Waals surface area contributed by atoms with E-state index in [2.05, 4.69) is 32.1 Å². The van der Waals surface area contributed by atoms with Crippen molar-refractivity contribution in [3.05, 3.63) is 47.3 Å². The highest BCUT2D eigenvalue weighted by Crippen LogP contribution is 2.27. The quantitative estimate of drug-likeness (QED) is 0.791. The Kier molecular flexibility index (Phi) is 4.23. The zero-order valence-electron chi connectivity index (χ0n) is 14.1. The smallest absolute Gasteiger partial charge is 0.360 e. The van der Waals surface area contributed by atoms with Crippen LogP contribution in [0.3, 0.4) is 0 Å². The first-order valence-electron chi connectivity index (χ1n) is 8.36. The largest absolute Gasteiger partial charge is 0.489 e. The second kappa shape index (κ2) is 6.68. The number of nitrogens with zero attached hydrogens (tertiary/aromatic N) is 4. The van der Waals surface area contributed by atoms with Gasteiger partial charge in [0.25, 0.3) is 0 Å². The van der Waals surface area contributed by atoms with Crippen molar-refractivity contribution in [1.29, 1.82) is 0 Å². The van der Waals surface area contributed by atoms with Crippen LogP contribution in [0, 0.1) is 0 Å². The summed E-state index contributed by atoms with van der Waals surface area (Å²) in [6.45, 7) is 3.37. The Morgan fingerprint density at radius 2 is 2.28 bits per heavy atom. The number of para-hydroxylation sites is 1. The van der Waals surface area contributed by atoms with Gasteiger partial charge in [-0.15, -0.1) is 5.10 Å². The van der Waals surface area contributed by atoms with Gasteiger partial charge in [0.2, 0.25) is 0 Å². The van der Waals surface area contributed by atoms with Crippen molar-refractivity contribution in [2.75, 3.05) is 33.4 Å². The Hall–Kier alpha value is -2.67. The maximum Gasteiger partial charge on any atom is 0.360 e. The van der Waals surface area contributed by atoms with E-state index >= 15 is 0 Å². The summed E-state index contributed by atoms with van der Waals surface area (Å²) in [6.07, 6.45) is 4.87. The number of fused-ring (bicyclic) bond motifs is 1. The zero-order valence-corrected chi connectivity index (χ0v) is 14.1. The number of methoxy groups -OCH3 is 1. The molecule has 0 bridgehead atoms. The van der Waals surface area contributed by atoms with E-state index in [0.29, 0.717) is 6.61 Å². The van der Waals surface area contributed by atoms with Gasteiger partial charge in [-0.05, 0) is 24.1 Å². The van der Waals surface area contributed by atoms with Crippen molar-refractivity contribution < 1.29 is 14.3 Å². The van der Waals surface area contributed by atoms with E-state index in [1.54, 1.807) is 10.9 Å². The first kappa shape index (κ1) is 15.8. The van der Waals surface area contributed by atoms with Gasteiger partial charge in [-0.25, -0.2) is 9.48 Å². The molecule has 25 heavy (non-hydrogen) atoms. The number of benzene rings is 1. The first-order chi connectivity index (χ1) is 12.2. The number of ether oxygens (including phenoxy) is 2. The predicted octanol–water partition coefficient (Wildman–Crippen LogP) is 1.79. The lowest BCUT2D eigenvalue weighted by Gasteiger charge is -2.22. The lowest BCUT2D eigenvalue weighted by Crippen LogP contribution is -2.26. The van der Waals surface area contributed by atoms with Crippen LogP contribution in [-0.4, -0.2) is 59.2 Å². The van der Waals surface area contributed by atoms with Crippen LogP contribution in [0.5, 0.6) is 5.75 Å². The van der Waals surface area contributed by atoms with Crippen LogP contribution < -0.4 is 4.74 Å². The number of aromatic nitrogens is 3. The van der Waals surface area contributed by atoms with Crippen LogP contribution in [0.4, 0.5) is 0 Å². The molecule has 1 aromatic heterocycles. The van der Waals surface area contributed by atoms with Gasteiger partial charge in [0, 0.05) is 25.2 Å². The monoisotopic (exact) mass is 340 g/mol. The summed E-state index contributed by atoms with van der Waals surface area (Å²) in [5.41, 5.74) is 2.66. The van der Waals surface area contributed by atoms with E-state index in [0.717, 1.165) is 37.4 Å². The highest BCUT2D eigenvalue weighted by atomic mass is 16.5. The molecule has 1 unspecified atom stereocenters. The second-order valence-electron chi connectivity index (χ2n) is 6.38. The third-order valence-electron chi connectivity index (χ3n) is 4.64. The molecule has 7 heteroatoms. The topological polar surface area (TPSA) is 69.5 Å². The number of likely N-dealkylation sites (tertiary alicyclic amines) is 1. The molecule has 7 nitrogen and oxygen atoms in total. The van der Waals surface area contributed by atoms with Gasteiger partial charge in [-0.1, -0.05) is 23.4 Å². The molecule has 0 N–H and O–H groups in total. The normalized spacial score (nSPS) is 19.9. The number of rotatable bonds is 4. The minimum absolute atomic E-state index is 0.225. The fraction of sp³-hybridized carbons (Fsp3) is 0.389. The maximum absolute atomic E-state index is 11.5. The van der Waals surface area contributed by atoms with Gasteiger partial charge in [0.15, 0.2) is 5.69 Å². The Labute approximate surface area is 145 Å². The van der Waals surface area contributed by atoms with Gasteiger partial charge >= 0.3 is 5.97 Å². The molecule has 2 aliphatic heterocycles. The Morgan fingerprint density at radius 1 is 1.40 bits per heavy atom. The summed E-state index contributed by atoms with van der Waals surface area (Å²) in [5, 5.41) is 7.96. The lowest BCUT2D eigenvalue weighted by molar-refractivity contribution is 0.0594. The average molecular weight is 340 g/mol. The molecule has 1 aromatic carbocycles. The zero-order chi connectivity index (χ0) is 17.2. The van der Waals surface area contributed by atoms with Crippen molar-refractivity contribution in [3.8, 4) is 5.75 Å². The van der Waals surface area contributed by atoms with Gasteiger partial charge in [-0.2, -0.15) is 0 Å². The van der Waals surface area contributed by atoms with Crippen LogP contribution >= 0.6 is 0 Å². The molecule has 0 saturated carbocycles. The molecule has 130 valence electrons. The molecule has 1 fully saturated rings. The molecular weight excluding hydrogens is 320 g/mol. The summed E-state index contributed by atoms with van der Waals surface area (Å²) >= 11 is 0. The first-order valence-corrected chi connectivity index (χ1v) is 8.36. The summed E-state index contributed by atoms with van der Waals surface area (Å²) in [7, 11) is 1.34. The number of esters is 1. The summed E-state index contributed by atoms with van der Waals surface area (Å²) < 4.78 is 12.3. The van der Waals surface area contributed by atoms with Crippen LogP contribution in [0.2, 0.25) is 0 Å². The molecular formula is C18H20N4O3. The van der Waals surface area contributed by atoms with Crippen molar-refractivity contribution in [1.82, 2.24) is 19.9 Å². The molecule has 3 heterocycles. The van der Waals surface area contributed by atoms with Crippen LogP contribution in [0.25, 0.3) is 6.08 Å². The summed E-state index contributed by atoms with van der Waals surface area (Å²) in [6, 6.07) is 8.31. The average Bonchev–Trinajstić information content (AvgIpc) is 3.30. The summed E-state index contributed by atoms with van der Waals surface area (Å²) in [5.74, 6) is 0.493. The van der Waals surface area contributed by atoms with Crippen molar-refractivity contribution >= 4 is 12.0 Å². The maximum atomic E-state index is 11.5. The van der Waals surface area contributed by atoms with E-state index in [1.807, 2.05) is 18.2 Å². The molecule has 2 aliphatic rings. The van der Waals surface area contributed by atoms with Crippen LogP contribution in [-0.2, 0) is 4.74 Å². The number of carbonyl (C=O) groups excluding carboxylic acids is 1. The van der Waals surface area contributed by atoms with E-state index < -0.39 is 5.97 Å². The Bertz CT molecular complexity index is 814. The SMILES string of the molecule is COC(=O)c1cn(C2CCN(CC3=Cc4ccccc4OC3)C2)nn1. The molecule has 0 amide bonds. The fourth-order valence-corrected chi connectivity index (χ4v) is 3.37. The minimum atomic E-state index is -0.454. The number of hydrogen-bond donors (Lipinski definition) is 0. The number of hydrogen-bond acceptors (Lipinski definition) is 6. The highest BCUT2D eigenvalue weighted by molar-refractivity contribution is 5.86. The van der Waals surface area contributed by atoms with Crippen molar-refractivity contribution in [2.24, 2.45) is 0 Å². The van der Waals surface area contributed by atoms with E-state index in [1.165, 1.54) is 12.7 Å². The van der Waals surface area contributed by atoms with Crippen molar-refractivity contribution in [3.63, 3.8) is 0 Å². The molecule has 1 atom stereocenters. The van der Waals surface area contributed by atoms with Gasteiger partial charge in [0.1, 0.15) is 12.4 Å². The van der Waals surface area contributed by atoms with Gasteiger partial charge < -0.3 is 9.47 Å². The molecule has 4 rings (SSSR count). The van der Waals surface area contributed by atoms with Crippen molar-refractivity contribution in [2.45, 2.75) is 12.5 Å². The molecule has 0 spiro atoms. The van der Waals surface area contributed by atoms with Crippen LogP contribution in [0.1, 0.15) is 28.5 Å². The Morgan fingerprint density at radius 3 is 3.16 bits per heavy atom. The number of carbonyl (C=O) groups is 1. The second-order valence-corrected chi connectivity index (χ2v) is 6.38. The molecule has 0 aliphatic carbocycles. The predicted molar refractivity (Wildman–Crippen MR) is 91.4 cm³/mol. The molecule has 2 aromatic rings. The standard InChI is InChI=1S/C18H20N4O3/c1-24-18(23)16-11-22(20-19-16)15-6-7-21(10-15)9-13-8-14-4-2-3-5-17(14)25-12-13/h2-5,8,11,15H,6-7,9-10,12H2,1H3. The van der Waals surface area contributed by atoms with Gasteiger partial charge in [0.05, 0.1) is 19.3 Å². The van der Waals surface area contributed by atoms with Gasteiger partial charge in [-0.3, -0.25) is 4.90 Å². The van der Waals surface area contributed by atoms with E-state index in [4.69, 9.17) is 4.74 Å². The highest BCUT2D eigenvalue weighted by Gasteiger charge is 2.27. The minimum Gasteiger partial charge on any atom is -0.489 e. The third-order valence-corrected chi connectivity index (χ3v) is 4.64. The summed E-state index contributed by atoms with van der Waals surface area (Å²) in [4.78, 5) is 13.9. The molecule has 1 saturated heterocycles.